The first-order valence-corrected chi connectivity index (χ1v) is 6.82. The van der Waals surface area contributed by atoms with E-state index in [4.69, 9.17) is 5.73 Å². The van der Waals surface area contributed by atoms with Crippen LogP contribution in [0.3, 0.4) is 0 Å². The van der Waals surface area contributed by atoms with E-state index in [2.05, 4.69) is 4.90 Å². The summed E-state index contributed by atoms with van der Waals surface area (Å²) < 4.78 is 0. The molecule has 0 aromatic heterocycles. The van der Waals surface area contributed by atoms with Gasteiger partial charge in [-0.25, -0.2) is 0 Å². The minimum atomic E-state index is 0.225. The van der Waals surface area contributed by atoms with Crippen molar-refractivity contribution in [3.63, 3.8) is 0 Å². The number of nitrogens with zero attached hydrogens (tertiary/aromatic N) is 1. The zero-order chi connectivity index (χ0) is 10.3. The van der Waals surface area contributed by atoms with Gasteiger partial charge in [-0.3, -0.25) is 4.90 Å². The molecular weight excluding hydrogens is 184 g/mol. The molecule has 86 valence electrons. The van der Waals surface area contributed by atoms with Crippen LogP contribution in [0.25, 0.3) is 0 Å². The third-order valence-corrected chi connectivity index (χ3v) is 4.80. The zero-order valence-electron chi connectivity index (χ0n) is 9.75. The van der Waals surface area contributed by atoms with E-state index in [1.807, 2.05) is 0 Å². The Bertz CT molecular complexity index is 225. The highest BCUT2D eigenvalue weighted by Crippen LogP contribution is 2.47. The molecule has 3 fully saturated rings. The summed E-state index contributed by atoms with van der Waals surface area (Å²) in [5.41, 5.74) is 6.72. The Balaban J connectivity index is 1.70. The summed E-state index contributed by atoms with van der Waals surface area (Å²) in [7, 11) is 0. The SMILES string of the molecule is NC1(C(C2CCC2)N2CCCCC2)CC1. The van der Waals surface area contributed by atoms with Gasteiger partial charge in [0, 0.05) is 11.6 Å². The second-order valence-electron chi connectivity index (χ2n) is 5.97. The second kappa shape index (κ2) is 3.74. The minimum absolute atomic E-state index is 0.225. The lowest BCUT2D eigenvalue weighted by molar-refractivity contribution is 0.0539. The number of piperidine rings is 1. The molecule has 1 atom stereocenters. The van der Waals surface area contributed by atoms with Gasteiger partial charge in [0.1, 0.15) is 0 Å². The summed E-state index contributed by atoms with van der Waals surface area (Å²) in [4.78, 5) is 2.74. The molecular formula is C13H24N2. The van der Waals surface area contributed by atoms with Crippen LogP contribution in [0.2, 0.25) is 0 Å². The lowest BCUT2D eigenvalue weighted by Gasteiger charge is -2.46. The third kappa shape index (κ3) is 1.83. The van der Waals surface area contributed by atoms with E-state index in [0.717, 1.165) is 12.0 Å². The van der Waals surface area contributed by atoms with Crippen LogP contribution in [-0.2, 0) is 0 Å². The molecule has 1 aliphatic heterocycles. The van der Waals surface area contributed by atoms with E-state index in [1.54, 1.807) is 0 Å². The van der Waals surface area contributed by atoms with E-state index < -0.39 is 0 Å². The molecule has 2 saturated carbocycles. The fourth-order valence-corrected chi connectivity index (χ4v) is 3.52. The van der Waals surface area contributed by atoms with Crippen LogP contribution in [0, 0.1) is 5.92 Å². The first kappa shape index (κ1) is 10.1. The molecule has 0 amide bonds. The zero-order valence-corrected chi connectivity index (χ0v) is 9.75. The Labute approximate surface area is 93.2 Å². The van der Waals surface area contributed by atoms with Crippen LogP contribution in [0.1, 0.15) is 51.4 Å². The number of hydrogen-bond donors (Lipinski definition) is 1. The van der Waals surface area contributed by atoms with Crippen molar-refractivity contribution in [3.8, 4) is 0 Å². The van der Waals surface area contributed by atoms with Gasteiger partial charge in [-0.2, -0.15) is 0 Å². The summed E-state index contributed by atoms with van der Waals surface area (Å²) in [6.07, 6.45) is 11.1. The Kier molecular flexibility index (Phi) is 2.52. The van der Waals surface area contributed by atoms with Crippen LogP contribution in [-0.4, -0.2) is 29.6 Å². The Hall–Kier alpha value is -0.0800. The Morgan fingerprint density at radius 2 is 1.67 bits per heavy atom. The highest BCUT2D eigenvalue weighted by atomic mass is 15.2. The van der Waals surface area contributed by atoms with Gasteiger partial charge in [0.05, 0.1) is 0 Å². The van der Waals surface area contributed by atoms with E-state index >= 15 is 0 Å². The predicted octanol–water partition coefficient (Wildman–Crippen LogP) is 2.13. The van der Waals surface area contributed by atoms with E-state index in [9.17, 15) is 0 Å². The topological polar surface area (TPSA) is 29.3 Å². The average Bonchev–Trinajstić information content (AvgIpc) is 2.92. The summed E-state index contributed by atoms with van der Waals surface area (Å²) in [6, 6.07) is 0.742. The molecule has 0 aromatic carbocycles. The monoisotopic (exact) mass is 208 g/mol. The standard InChI is InChI=1S/C13H24N2/c14-13(7-8-13)12(11-5-4-6-11)15-9-2-1-3-10-15/h11-12H,1-10,14H2. The highest BCUT2D eigenvalue weighted by molar-refractivity contribution is 5.11. The fraction of sp³-hybridized carbons (Fsp3) is 1.00. The summed E-state index contributed by atoms with van der Waals surface area (Å²) >= 11 is 0. The van der Waals surface area contributed by atoms with E-state index in [1.165, 1.54) is 64.5 Å². The molecule has 0 radical (unpaired) electrons. The predicted molar refractivity (Wildman–Crippen MR) is 62.7 cm³/mol. The van der Waals surface area contributed by atoms with Crippen LogP contribution >= 0.6 is 0 Å². The smallest absolute Gasteiger partial charge is 0.0316 e. The molecule has 2 aliphatic carbocycles. The van der Waals surface area contributed by atoms with Crippen molar-refractivity contribution >= 4 is 0 Å². The molecule has 1 saturated heterocycles. The van der Waals surface area contributed by atoms with E-state index in [0.29, 0.717) is 0 Å². The van der Waals surface area contributed by atoms with E-state index in [-0.39, 0.29) is 5.54 Å². The number of hydrogen-bond acceptors (Lipinski definition) is 2. The lowest BCUT2D eigenvalue weighted by Crippen LogP contribution is -2.56. The van der Waals surface area contributed by atoms with Gasteiger partial charge in [0.2, 0.25) is 0 Å². The molecule has 0 bridgehead atoms. The fourth-order valence-electron chi connectivity index (χ4n) is 3.52. The maximum atomic E-state index is 6.49. The number of nitrogens with two attached hydrogens (primary N) is 1. The number of likely N-dealkylation sites (tertiary alicyclic amines) is 1. The molecule has 1 heterocycles. The van der Waals surface area contributed by atoms with Crippen molar-refractivity contribution in [3.05, 3.63) is 0 Å². The molecule has 0 aromatic rings. The van der Waals surface area contributed by atoms with Crippen LogP contribution in [0.15, 0.2) is 0 Å². The molecule has 1 unspecified atom stereocenters. The van der Waals surface area contributed by atoms with Crippen LogP contribution < -0.4 is 5.73 Å². The molecule has 0 spiro atoms. The first-order valence-electron chi connectivity index (χ1n) is 6.82. The quantitative estimate of drug-likeness (QED) is 0.770. The molecule has 3 aliphatic rings. The van der Waals surface area contributed by atoms with Gasteiger partial charge in [0.25, 0.3) is 0 Å². The molecule has 2 nitrogen and oxygen atoms in total. The summed E-state index contributed by atoms with van der Waals surface area (Å²) in [5.74, 6) is 0.940. The van der Waals surface area contributed by atoms with Gasteiger partial charge < -0.3 is 5.73 Å². The maximum absolute atomic E-state index is 6.49. The second-order valence-corrected chi connectivity index (χ2v) is 5.97. The summed E-state index contributed by atoms with van der Waals surface area (Å²) in [5, 5.41) is 0. The molecule has 2 N–H and O–H groups in total. The largest absolute Gasteiger partial charge is 0.324 e. The molecule has 2 heteroatoms. The molecule has 3 rings (SSSR count). The van der Waals surface area contributed by atoms with Crippen molar-refractivity contribution in [1.82, 2.24) is 4.90 Å². The lowest BCUT2D eigenvalue weighted by atomic mass is 9.75. The Morgan fingerprint density at radius 1 is 1.00 bits per heavy atom. The van der Waals surface area contributed by atoms with Gasteiger partial charge in [-0.1, -0.05) is 12.8 Å². The van der Waals surface area contributed by atoms with Crippen molar-refractivity contribution in [2.75, 3.05) is 13.1 Å². The van der Waals surface area contributed by atoms with Gasteiger partial charge in [-0.05, 0) is 57.5 Å². The minimum Gasteiger partial charge on any atom is -0.324 e. The molecule has 15 heavy (non-hydrogen) atoms. The van der Waals surface area contributed by atoms with Crippen LogP contribution in [0.5, 0.6) is 0 Å². The van der Waals surface area contributed by atoms with Gasteiger partial charge in [-0.15, -0.1) is 0 Å². The highest BCUT2D eigenvalue weighted by Gasteiger charge is 2.52. The maximum Gasteiger partial charge on any atom is 0.0316 e. The van der Waals surface area contributed by atoms with Gasteiger partial charge in [0.15, 0.2) is 0 Å². The normalized spacial score (nSPS) is 33.4. The number of rotatable bonds is 3. The van der Waals surface area contributed by atoms with Crippen molar-refractivity contribution in [2.45, 2.75) is 62.9 Å². The van der Waals surface area contributed by atoms with Crippen molar-refractivity contribution in [2.24, 2.45) is 11.7 Å². The first-order chi connectivity index (χ1) is 7.30. The average molecular weight is 208 g/mol. The third-order valence-electron chi connectivity index (χ3n) is 4.80. The van der Waals surface area contributed by atoms with Gasteiger partial charge >= 0.3 is 0 Å². The van der Waals surface area contributed by atoms with Crippen molar-refractivity contribution in [1.29, 1.82) is 0 Å². The van der Waals surface area contributed by atoms with Crippen LogP contribution in [0.4, 0.5) is 0 Å². The van der Waals surface area contributed by atoms with Crippen molar-refractivity contribution < 1.29 is 0 Å². The summed E-state index contributed by atoms with van der Waals surface area (Å²) in [6.45, 7) is 2.64. The Morgan fingerprint density at radius 3 is 2.13 bits per heavy atom.